The smallest absolute Gasteiger partial charge is 0.233 e. The van der Waals surface area contributed by atoms with Gasteiger partial charge < -0.3 is 15.0 Å². The zero-order valence-corrected chi connectivity index (χ0v) is 17.4. The Kier molecular flexibility index (Phi) is 4.77. The van der Waals surface area contributed by atoms with Crippen LogP contribution in [-0.4, -0.2) is 72.6 Å². The SMILES string of the molecule is c1nc(NC2CCC(N3CCOCC3)CC2)c2c(-c3cnc4nccn4c3)c[nH]c2n1. The predicted molar refractivity (Wildman–Crippen MR) is 118 cm³/mol. The molecule has 0 aromatic carbocycles. The Morgan fingerprint density at radius 3 is 2.77 bits per heavy atom. The van der Waals surface area contributed by atoms with Crippen LogP contribution < -0.4 is 5.32 Å². The van der Waals surface area contributed by atoms with Crippen molar-refractivity contribution in [1.29, 1.82) is 0 Å². The van der Waals surface area contributed by atoms with Crippen LogP contribution in [0.4, 0.5) is 5.82 Å². The Morgan fingerprint density at radius 1 is 1.03 bits per heavy atom. The van der Waals surface area contributed by atoms with Gasteiger partial charge in [-0.2, -0.15) is 0 Å². The molecule has 160 valence electrons. The van der Waals surface area contributed by atoms with Gasteiger partial charge in [0.25, 0.3) is 0 Å². The van der Waals surface area contributed by atoms with Crippen molar-refractivity contribution >= 4 is 22.6 Å². The van der Waals surface area contributed by atoms with E-state index in [4.69, 9.17) is 4.74 Å². The number of H-pyrrole nitrogens is 1. The van der Waals surface area contributed by atoms with Gasteiger partial charge in [-0.25, -0.2) is 19.9 Å². The first kappa shape index (κ1) is 18.7. The van der Waals surface area contributed by atoms with E-state index in [0.717, 1.165) is 67.1 Å². The van der Waals surface area contributed by atoms with E-state index in [0.29, 0.717) is 17.9 Å². The monoisotopic (exact) mass is 418 g/mol. The molecule has 2 N–H and O–H groups in total. The summed E-state index contributed by atoms with van der Waals surface area (Å²) < 4.78 is 7.44. The van der Waals surface area contributed by atoms with Crippen molar-refractivity contribution in [2.75, 3.05) is 31.6 Å². The number of hydrogen-bond acceptors (Lipinski definition) is 7. The molecule has 31 heavy (non-hydrogen) atoms. The second-order valence-electron chi connectivity index (χ2n) is 8.42. The third-order valence-electron chi connectivity index (χ3n) is 6.63. The molecule has 4 aromatic rings. The van der Waals surface area contributed by atoms with Gasteiger partial charge in [0.05, 0.1) is 18.6 Å². The maximum atomic E-state index is 5.51. The first-order valence-corrected chi connectivity index (χ1v) is 11.0. The minimum absolute atomic E-state index is 0.424. The molecule has 4 aromatic heterocycles. The zero-order chi connectivity index (χ0) is 20.6. The van der Waals surface area contributed by atoms with Crippen molar-refractivity contribution in [2.45, 2.75) is 37.8 Å². The first-order chi connectivity index (χ1) is 15.3. The molecule has 2 fully saturated rings. The third kappa shape index (κ3) is 3.53. The fourth-order valence-corrected chi connectivity index (χ4v) is 4.98. The Balaban J connectivity index is 1.24. The normalized spacial score (nSPS) is 22.8. The van der Waals surface area contributed by atoms with Crippen LogP contribution >= 0.6 is 0 Å². The maximum absolute atomic E-state index is 5.51. The number of nitrogens with one attached hydrogen (secondary N) is 2. The molecule has 6 rings (SSSR count). The molecular weight excluding hydrogens is 392 g/mol. The van der Waals surface area contributed by atoms with Crippen LogP contribution in [0.15, 0.2) is 37.3 Å². The van der Waals surface area contributed by atoms with Gasteiger partial charge in [-0.15, -0.1) is 0 Å². The molecule has 9 heteroatoms. The van der Waals surface area contributed by atoms with E-state index in [2.05, 4.69) is 35.1 Å². The Labute approximate surface area is 179 Å². The molecule has 0 spiro atoms. The van der Waals surface area contributed by atoms with E-state index in [1.165, 1.54) is 12.8 Å². The van der Waals surface area contributed by atoms with Crippen LogP contribution in [0.5, 0.6) is 0 Å². The van der Waals surface area contributed by atoms with E-state index >= 15 is 0 Å². The molecule has 0 atom stereocenters. The summed E-state index contributed by atoms with van der Waals surface area (Å²) in [6.45, 7) is 3.87. The van der Waals surface area contributed by atoms with Gasteiger partial charge in [-0.3, -0.25) is 9.30 Å². The molecule has 0 radical (unpaired) electrons. The third-order valence-corrected chi connectivity index (χ3v) is 6.63. The molecule has 0 bridgehead atoms. The fourth-order valence-electron chi connectivity index (χ4n) is 4.98. The van der Waals surface area contributed by atoms with E-state index in [-0.39, 0.29) is 0 Å². The van der Waals surface area contributed by atoms with Crippen LogP contribution in [0.3, 0.4) is 0 Å². The van der Waals surface area contributed by atoms with Gasteiger partial charge in [-0.1, -0.05) is 0 Å². The summed E-state index contributed by atoms with van der Waals surface area (Å²) >= 11 is 0. The summed E-state index contributed by atoms with van der Waals surface area (Å²) in [5.41, 5.74) is 2.88. The number of hydrogen-bond donors (Lipinski definition) is 2. The van der Waals surface area contributed by atoms with Gasteiger partial charge in [0.2, 0.25) is 5.78 Å². The van der Waals surface area contributed by atoms with Gasteiger partial charge in [0.1, 0.15) is 17.8 Å². The predicted octanol–water partition coefficient (Wildman–Crippen LogP) is 2.72. The number of morpholine rings is 1. The van der Waals surface area contributed by atoms with Crippen LogP contribution in [0.1, 0.15) is 25.7 Å². The number of nitrogens with zero attached hydrogens (tertiary/aromatic N) is 6. The Hall–Kier alpha value is -3.04. The number of aromatic nitrogens is 6. The number of fused-ring (bicyclic) bond motifs is 2. The second kappa shape index (κ2) is 7.90. The lowest BCUT2D eigenvalue weighted by Crippen LogP contribution is -2.46. The number of aromatic amines is 1. The summed E-state index contributed by atoms with van der Waals surface area (Å²) in [5, 5.41) is 4.73. The molecule has 2 aliphatic rings. The lowest BCUT2D eigenvalue weighted by molar-refractivity contribution is 0.00791. The topological polar surface area (TPSA) is 96.3 Å². The molecule has 1 saturated heterocycles. The summed E-state index contributed by atoms with van der Waals surface area (Å²) in [6, 6.07) is 1.11. The minimum atomic E-state index is 0.424. The highest BCUT2D eigenvalue weighted by Crippen LogP contribution is 2.33. The largest absolute Gasteiger partial charge is 0.379 e. The highest BCUT2D eigenvalue weighted by molar-refractivity contribution is 6.00. The van der Waals surface area contributed by atoms with Crippen LogP contribution in [0.2, 0.25) is 0 Å². The highest BCUT2D eigenvalue weighted by atomic mass is 16.5. The number of anilines is 1. The Morgan fingerprint density at radius 2 is 1.90 bits per heavy atom. The molecule has 1 aliphatic carbocycles. The zero-order valence-electron chi connectivity index (χ0n) is 17.4. The molecule has 0 unspecified atom stereocenters. The van der Waals surface area contributed by atoms with Crippen molar-refractivity contribution in [3.8, 4) is 11.1 Å². The average Bonchev–Trinajstić information content (AvgIpc) is 3.47. The van der Waals surface area contributed by atoms with Crippen molar-refractivity contribution in [2.24, 2.45) is 0 Å². The van der Waals surface area contributed by atoms with Crippen LogP contribution in [0.25, 0.3) is 27.9 Å². The van der Waals surface area contributed by atoms with Gasteiger partial charge in [0, 0.05) is 67.3 Å². The number of rotatable bonds is 4. The summed E-state index contributed by atoms with van der Waals surface area (Å²) in [4.78, 5) is 23.7. The van der Waals surface area contributed by atoms with E-state index in [9.17, 15) is 0 Å². The summed E-state index contributed by atoms with van der Waals surface area (Å²) in [6.07, 6.45) is 15.9. The molecule has 1 aliphatic heterocycles. The first-order valence-electron chi connectivity index (χ1n) is 11.0. The lowest BCUT2D eigenvalue weighted by Gasteiger charge is -2.39. The van der Waals surface area contributed by atoms with Gasteiger partial charge in [0.15, 0.2) is 0 Å². The quantitative estimate of drug-likeness (QED) is 0.526. The van der Waals surface area contributed by atoms with E-state index in [1.54, 1.807) is 12.5 Å². The second-order valence-corrected chi connectivity index (χ2v) is 8.42. The standard InChI is InChI=1S/C22H26N8O/c1-3-17(29-7-9-31-10-8-29)4-2-16(1)28-21-19-18(12-24-20(19)26-14-27-21)15-11-25-22-23-5-6-30(22)13-15/h5-6,11-14,16-17H,1-4,7-10H2,(H2,24,26,27,28). The minimum Gasteiger partial charge on any atom is -0.379 e. The van der Waals surface area contributed by atoms with Crippen molar-refractivity contribution in [3.63, 3.8) is 0 Å². The van der Waals surface area contributed by atoms with Crippen LogP contribution in [-0.2, 0) is 4.74 Å². The summed E-state index contributed by atoms with van der Waals surface area (Å²) in [5.74, 6) is 1.58. The lowest BCUT2D eigenvalue weighted by atomic mass is 9.90. The maximum Gasteiger partial charge on any atom is 0.233 e. The van der Waals surface area contributed by atoms with Crippen molar-refractivity contribution in [1.82, 2.24) is 34.2 Å². The fraction of sp³-hybridized carbons (Fsp3) is 0.455. The molecule has 9 nitrogen and oxygen atoms in total. The molecule has 0 amide bonds. The van der Waals surface area contributed by atoms with Crippen molar-refractivity contribution < 1.29 is 4.74 Å². The highest BCUT2D eigenvalue weighted by Gasteiger charge is 2.27. The molecule has 5 heterocycles. The average molecular weight is 419 g/mol. The molecular formula is C22H26N8O. The number of imidazole rings is 1. The van der Waals surface area contributed by atoms with Crippen LogP contribution in [0, 0.1) is 0 Å². The number of ether oxygens (including phenoxy) is 1. The molecule has 1 saturated carbocycles. The van der Waals surface area contributed by atoms with E-state index < -0.39 is 0 Å². The summed E-state index contributed by atoms with van der Waals surface area (Å²) in [7, 11) is 0. The van der Waals surface area contributed by atoms with Gasteiger partial charge in [-0.05, 0) is 25.7 Å². The van der Waals surface area contributed by atoms with Gasteiger partial charge >= 0.3 is 0 Å². The Bertz CT molecular complexity index is 1190. The van der Waals surface area contributed by atoms with E-state index in [1.807, 2.05) is 29.2 Å². The van der Waals surface area contributed by atoms with Crippen molar-refractivity contribution in [3.05, 3.63) is 37.3 Å².